The van der Waals surface area contributed by atoms with Crippen LogP contribution in [0.5, 0.6) is 0 Å². The largest absolute Gasteiger partial charge is 0.476 e. The van der Waals surface area contributed by atoms with E-state index >= 15 is 0 Å². The second-order valence-electron chi connectivity index (χ2n) is 5.98. The van der Waals surface area contributed by atoms with Crippen LogP contribution in [0.3, 0.4) is 0 Å². The molecule has 2 fully saturated rings. The molecule has 0 aromatic carbocycles. The topological polar surface area (TPSA) is 96.2 Å². The van der Waals surface area contributed by atoms with Gasteiger partial charge in [0.15, 0.2) is 5.69 Å². The summed E-state index contributed by atoms with van der Waals surface area (Å²) in [7, 11) is 0. The summed E-state index contributed by atoms with van der Waals surface area (Å²) in [6, 6.07) is 0.196. The number of aromatic nitrogens is 2. The van der Waals surface area contributed by atoms with Gasteiger partial charge < -0.3 is 20.3 Å². The summed E-state index contributed by atoms with van der Waals surface area (Å²) in [5, 5.41) is 14.6. The Morgan fingerprint density at radius 3 is 2.86 bits per heavy atom. The van der Waals surface area contributed by atoms with Gasteiger partial charge in [-0.15, -0.1) is 0 Å². The molecule has 3 unspecified atom stereocenters. The lowest BCUT2D eigenvalue weighted by atomic mass is 9.95. The molecule has 0 aliphatic heterocycles. The summed E-state index contributed by atoms with van der Waals surface area (Å²) in [5.41, 5.74) is 0.0152. The van der Waals surface area contributed by atoms with Gasteiger partial charge in [0.1, 0.15) is 0 Å². The number of fused-ring (bicyclic) bond motifs is 2. The summed E-state index contributed by atoms with van der Waals surface area (Å²) in [4.78, 5) is 26.3. The molecule has 1 heterocycles. The average Bonchev–Trinajstić information content (AvgIpc) is 3.13. The van der Waals surface area contributed by atoms with Crippen molar-refractivity contribution in [1.29, 1.82) is 0 Å². The first kappa shape index (κ1) is 13.9. The molecule has 1 aromatic rings. The fourth-order valence-corrected chi connectivity index (χ4v) is 3.53. The van der Waals surface area contributed by atoms with Crippen LogP contribution in [-0.4, -0.2) is 39.2 Å². The highest BCUT2D eigenvalue weighted by Crippen LogP contribution is 2.44. The van der Waals surface area contributed by atoms with E-state index in [0.717, 1.165) is 12.3 Å². The molecule has 2 aliphatic rings. The molecule has 0 spiro atoms. The van der Waals surface area contributed by atoms with Crippen LogP contribution >= 0.6 is 0 Å². The summed E-state index contributed by atoms with van der Waals surface area (Å²) in [6.07, 6.45) is 7.84. The molecular formula is C14H20N4O3. The Labute approximate surface area is 122 Å². The first-order valence-corrected chi connectivity index (χ1v) is 7.41. The molecule has 1 aromatic heterocycles. The maximum atomic E-state index is 11.8. The van der Waals surface area contributed by atoms with Crippen molar-refractivity contribution in [3.8, 4) is 0 Å². The van der Waals surface area contributed by atoms with Gasteiger partial charge in [-0.3, -0.25) is 0 Å². The number of carbonyl (C=O) groups is 2. The third kappa shape index (κ3) is 3.17. The van der Waals surface area contributed by atoms with Crippen molar-refractivity contribution in [1.82, 2.24) is 20.2 Å². The van der Waals surface area contributed by atoms with Crippen LogP contribution in [0.1, 0.15) is 36.2 Å². The monoisotopic (exact) mass is 292 g/mol. The Bertz CT molecular complexity index is 542. The minimum absolute atomic E-state index is 0.0152. The zero-order valence-electron chi connectivity index (χ0n) is 11.8. The van der Waals surface area contributed by atoms with Crippen LogP contribution in [0, 0.1) is 11.8 Å². The van der Waals surface area contributed by atoms with E-state index in [1.54, 1.807) is 4.57 Å². The standard InChI is InChI=1S/C14H20N4O3/c19-13(20)12-7-18(8-16-12)4-3-15-14(21)17-11-6-9-1-2-10(11)5-9/h7-11H,1-6H2,(H,19,20)(H2,15,17,21). The van der Waals surface area contributed by atoms with Crippen LogP contribution in [-0.2, 0) is 6.54 Å². The molecule has 0 radical (unpaired) electrons. The normalized spacial score (nSPS) is 26.8. The zero-order chi connectivity index (χ0) is 14.8. The lowest BCUT2D eigenvalue weighted by Gasteiger charge is -2.23. The van der Waals surface area contributed by atoms with Crippen molar-refractivity contribution in [3.05, 3.63) is 18.2 Å². The van der Waals surface area contributed by atoms with Gasteiger partial charge in [0.25, 0.3) is 0 Å². The number of imidazole rings is 1. The quantitative estimate of drug-likeness (QED) is 0.756. The highest BCUT2D eigenvalue weighted by Gasteiger charge is 2.39. The Morgan fingerprint density at radius 2 is 2.24 bits per heavy atom. The Balaban J connectivity index is 1.38. The van der Waals surface area contributed by atoms with Gasteiger partial charge >= 0.3 is 12.0 Å². The molecule has 0 saturated heterocycles. The number of nitrogens with one attached hydrogen (secondary N) is 2. The molecule has 3 rings (SSSR count). The Morgan fingerprint density at radius 1 is 1.38 bits per heavy atom. The van der Waals surface area contributed by atoms with E-state index < -0.39 is 5.97 Å². The molecule has 3 N–H and O–H groups in total. The number of carbonyl (C=O) groups excluding carboxylic acids is 1. The molecule has 114 valence electrons. The zero-order valence-corrected chi connectivity index (χ0v) is 11.8. The molecule has 2 saturated carbocycles. The van der Waals surface area contributed by atoms with E-state index in [1.165, 1.54) is 31.8 Å². The smallest absolute Gasteiger partial charge is 0.356 e. The average molecular weight is 292 g/mol. The molecule has 7 heteroatoms. The second-order valence-corrected chi connectivity index (χ2v) is 5.98. The SMILES string of the molecule is O=C(NCCn1cnc(C(=O)O)c1)NC1CC2CCC1C2. The van der Waals surface area contributed by atoms with Gasteiger partial charge in [0, 0.05) is 25.3 Å². The lowest BCUT2D eigenvalue weighted by Crippen LogP contribution is -2.45. The van der Waals surface area contributed by atoms with Gasteiger partial charge in [-0.05, 0) is 31.1 Å². The third-order valence-corrected chi connectivity index (χ3v) is 4.56. The number of amides is 2. The van der Waals surface area contributed by atoms with Crippen LogP contribution in [0.15, 0.2) is 12.5 Å². The number of nitrogens with zero attached hydrogens (tertiary/aromatic N) is 2. The van der Waals surface area contributed by atoms with Gasteiger partial charge in [0.2, 0.25) is 0 Å². The fraction of sp³-hybridized carbons (Fsp3) is 0.643. The third-order valence-electron chi connectivity index (χ3n) is 4.56. The number of carboxylic acids is 1. The molecule has 7 nitrogen and oxygen atoms in total. The predicted molar refractivity (Wildman–Crippen MR) is 75.0 cm³/mol. The molecular weight excluding hydrogens is 272 g/mol. The Hall–Kier alpha value is -2.05. The number of carboxylic acid groups (broad SMARTS) is 1. The van der Waals surface area contributed by atoms with Crippen LogP contribution in [0.25, 0.3) is 0 Å². The van der Waals surface area contributed by atoms with E-state index in [1.807, 2.05) is 0 Å². The van der Waals surface area contributed by atoms with Crippen LogP contribution < -0.4 is 10.6 Å². The first-order valence-electron chi connectivity index (χ1n) is 7.41. The van der Waals surface area contributed by atoms with Crippen molar-refractivity contribution in [2.24, 2.45) is 11.8 Å². The van der Waals surface area contributed by atoms with E-state index in [2.05, 4.69) is 15.6 Å². The summed E-state index contributed by atoms with van der Waals surface area (Å²) < 4.78 is 1.65. The first-order chi connectivity index (χ1) is 10.1. The highest BCUT2D eigenvalue weighted by atomic mass is 16.4. The highest BCUT2D eigenvalue weighted by molar-refractivity contribution is 5.84. The van der Waals surface area contributed by atoms with Gasteiger partial charge in [-0.2, -0.15) is 0 Å². The van der Waals surface area contributed by atoms with Crippen molar-refractivity contribution in [3.63, 3.8) is 0 Å². The molecule has 21 heavy (non-hydrogen) atoms. The molecule has 2 bridgehead atoms. The minimum atomic E-state index is -1.05. The van der Waals surface area contributed by atoms with E-state index in [9.17, 15) is 9.59 Å². The molecule has 3 atom stereocenters. The Kier molecular flexibility index (Phi) is 3.81. The number of urea groups is 1. The number of hydrogen-bond donors (Lipinski definition) is 3. The summed E-state index contributed by atoms with van der Waals surface area (Å²) >= 11 is 0. The summed E-state index contributed by atoms with van der Waals surface area (Å²) in [5.74, 6) is 0.420. The molecule has 2 amide bonds. The second kappa shape index (κ2) is 5.75. The van der Waals surface area contributed by atoms with Gasteiger partial charge in [0.05, 0.1) is 6.33 Å². The summed E-state index contributed by atoms with van der Waals surface area (Å²) in [6.45, 7) is 0.951. The van der Waals surface area contributed by atoms with Crippen LogP contribution in [0.4, 0.5) is 4.79 Å². The van der Waals surface area contributed by atoms with E-state index in [0.29, 0.717) is 25.0 Å². The van der Waals surface area contributed by atoms with Gasteiger partial charge in [-0.25, -0.2) is 14.6 Å². The van der Waals surface area contributed by atoms with Crippen molar-refractivity contribution in [2.75, 3.05) is 6.54 Å². The predicted octanol–water partition coefficient (Wildman–Crippen LogP) is 1.07. The number of rotatable bonds is 5. The van der Waals surface area contributed by atoms with Crippen molar-refractivity contribution >= 4 is 12.0 Å². The maximum Gasteiger partial charge on any atom is 0.356 e. The number of hydrogen-bond acceptors (Lipinski definition) is 3. The van der Waals surface area contributed by atoms with Crippen molar-refractivity contribution in [2.45, 2.75) is 38.3 Å². The fourth-order valence-electron chi connectivity index (χ4n) is 3.53. The van der Waals surface area contributed by atoms with Crippen molar-refractivity contribution < 1.29 is 14.7 Å². The number of aromatic carboxylic acids is 1. The van der Waals surface area contributed by atoms with E-state index in [4.69, 9.17) is 5.11 Å². The van der Waals surface area contributed by atoms with Gasteiger partial charge in [-0.1, -0.05) is 6.42 Å². The van der Waals surface area contributed by atoms with Crippen LogP contribution in [0.2, 0.25) is 0 Å². The lowest BCUT2D eigenvalue weighted by molar-refractivity contribution is 0.0691. The molecule has 2 aliphatic carbocycles. The van der Waals surface area contributed by atoms with E-state index in [-0.39, 0.29) is 11.7 Å². The minimum Gasteiger partial charge on any atom is -0.476 e. The maximum absolute atomic E-state index is 11.8.